The second-order valence-electron chi connectivity index (χ2n) is 6.13. The van der Waals surface area contributed by atoms with Crippen LogP contribution in [-0.4, -0.2) is 37.8 Å². The predicted octanol–water partition coefficient (Wildman–Crippen LogP) is 1.73. The molecule has 1 aliphatic rings. The molecule has 0 unspecified atom stereocenters. The van der Waals surface area contributed by atoms with Crippen LogP contribution in [0.5, 0.6) is 0 Å². The highest BCUT2D eigenvalue weighted by Crippen LogP contribution is 2.19. The Morgan fingerprint density at radius 3 is 2.70 bits per heavy atom. The predicted molar refractivity (Wildman–Crippen MR) is 87.8 cm³/mol. The van der Waals surface area contributed by atoms with Gasteiger partial charge in [0.15, 0.2) is 0 Å². The summed E-state index contributed by atoms with van der Waals surface area (Å²) >= 11 is 0. The molecule has 1 aliphatic heterocycles. The van der Waals surface area contributed by atoms with Crippen molar-refractivity contribution in [1.29, 1.82) is 0 Å². The van der Waals surface area contributed by atoms with E-state index in [0.29, 0.717) is 22.4 Å². The Morgan fingerprint density at radius 1 is 1.22 bits per heavy atom. The monoisotopic (exact) mass is 310 g/mol. The van der Waals surface area contributed by atoms with Crippen LogP contribution in [0, 0.1) is 6.92 Å². The maximum Gasteiger partial charge on any atom is 0.270 e. The number of hydrogen-bond donors (Lipinski definition) is 0. The van der Waals surface area contributed by atoms with Crippen molar-refractivity contribution < 1.29 is 4.79 Å². The van der Waals surface area contributed by atoms with Crippen LogP contribution in [0.25, 0.3) is 16.7 Å². The van der Waals surface area contributed by atoms with Crippen molar-refractivity contribution in [2.75, 3.05) is 13.1 Å². The van der Waals surface area contributed by atoms with Gasteiger partial charge in [0.2, 0.25) is 0 Å². The van der Waals surface area contributed by atoms with E-state index in [0.717, 1.165) is 31.5 Å². The Hall–Kier alpha value is -2.63. The van der Waals surface area contributed by atoms with E-state index in [1.165, 1.54) is 0 Å². The fourth-order valence-corrected chi connectivity index (χ4v) is 3.32. The van der Waals surface area contributed by atoms with E-state index in [-0.39, 0.29) is 11.5 Å². The first-order valence-electron chi connectivity index (χ1n) is 7.84. The van der Waals surface area contributed by atoms with E-state index in [1.807, 2.05) is 24.0 Å². The molecule has 4 heterocycles. The third kappa shape index (κ3) is 1.98. The molecule has 1 amide bonds. The highest BCUT2D eigenvalue weighted by atomic mass is 16.2. The largest absolute Gasteiger partial charge is 0.337 e. The van der Waals surface area contributed by atoms with Gasteiger partial charge in [0.05, 0.1) is 5.39 Å². The summed E-state index contributed by atoms with van der Waals surface area (Å²) in [5.74, 6) is -0.0202. The molecule has 3 aromatic rings. The summed E-state index contributed by atoms with van der Waals surface area (Å²) in [5, 5.41) is 0.484. The van der Waals surface area contributed by atoms with E-state index < -0.39 is 0 Å². The smallest absolute Gasteiger partial charge is 0.270 e. The second kappa shape index (κ2) is 4.94. The van der Waals surface area contributed by atoms with Gasteiger partial charge in [0.25, 0.3) is 11.5 Å². The topological polar surface area (TPSA) is 59.6 Å². The van der Waals surface area contributed by atoms with Crippen molar-refractivity contribution in [2.45, 2.75) is 19.8 Å². The highest BCUT2D eigenvalue weighted by Gasteiger charge is 2.24. The van der Waals surface area contributed by atoms with Gasteiger partial charge in [0, 0.05) is 26.3 Å². The molecule has 4 rings (SSSR count). The summed E-state index contributed by atoms with van der Waals surface area (Å²) in [6.07, 6.45) is 3.80. The third-order valence-electron chi connectivity index (χ3n) is 4.64. The molecule has 6 heteroatoms. The number of aryl methyl sites for hydroxylation is 2. The SMILES string of the molecule is Cc1cccn2c(=O)c3cc(C(=O)N4CCCC4)n(C)c3nc12. The molecule has 0 radical (unpaired) electrons. The Morgan fingerprint density at radius 2 is 1.96 bits per heavy atom. The molecule has 0 aromatic carbocycles. The summed E-state index contributed by atoms with van der Waals surface area (Å²) < 4.78 is 3.28. The lowest BCUT2D eigenvalue weighted by molar-refractivity contribution is 0.0784. The Kier molecular flexibility index (Phi) is 3.01. The molecule has 3 aromatic heterocycles. The van der Waals surface area contributed by atoms with Gasteiger partial charge in [-0.3, -0.25) is 14.0 Å². The second-order valence-corrected chi connectivity index (χ2v) is 6.13. The minimum atomic E-state index is -0.134. The molecule has 0 spiro atoms. The Bertz CT molecular complexity index is 993. The van der Waals surface area contributed by atoms with Crippen molar-refractivity contribution in [3.05, 3.63) is 46.0 Å². The van der Waals surface area contributed by atoms with Crippen LogP contribution in [0.15, 0.2) is 29.2 Å². The fourth-order valence-electron chi connectivity index (χ4n) is 3.32. The Balaban J connectivity index is 1.99. The molecule has 1 saturated heterocycles. The van der Waals surface area contributed by atoms with Crippen LogP contribution in [-0.2, 0) is 7.05 Å². The lowest BCUT2D eigenvalue weighted by Gasteiger charge is -2.15. The minimum Gasteiger partial charge on any atom is -0.337 e. The molecule has 0 saturated carbocycles. The zero-order valence-corrected chi connectivity index (χ0v) is 13.2. The first-order valence-corrected chi connectivity index (χ1v) is 7.84. The molecular formula is C17H18N4O2. The zero-order valence-electron chi connectivity index (χ0n) is 13.2. The molecule has 0 N–H and O–H groups in total. The Labute approximate surface area is 133 Å². The van der Waals surface area contributed by atoms with E-state index in [4.69, 9.17) is 0 Å². The molecule has 0 bridgehead atoms. The molecule has 0 aliphatic carbocycles. The van der Waals surface area contributed by atoms with Crippen LogP contribution in [0.4, 0.5) is 0 Å². The number of pyridine rings is 1. The quantitative estimate of drug-likeness (QED) is 0.688. The van der Waals surface area contributed by atoms with Gasteiger partial charge in [0.1, 0.15) is 17.0 Å². The maximum atomic E-state index is 12.7. The average molecular weight is 310 g/mol. The molecule has 118 valence electrons. The first-order chi connectivity index (χ1) is 11.1. The number of rotatable bonds is 1. The first kappa shape index (κ1) is 14.0. The number of fused-ring (bicyclic) bond motifs is 2. The number of carbonyl (C=O) groups excluding carboxylic acids is 1. The maximum absolute atomic E-state index is 12.7. The molecule has 0 atom stereocenters. The van der Waals surface area contributed by atoms with Gasteiger partial charge in [-0.15, -0.1) is 0 Å². The summed E-state index contributed by atoms with van der Waals surface area (Å²) in [7, 11) is 1.80. The van der Waals surface area contributed by atoms with Crippen LogP contribution in [0.2, 0.25) is 0 Å². The van der Waals surface area contributed by atoms with Crippen LogP contribution < -0.4 is 5.56 Å². The number of hydrogen-bond acceptors (Lipinski definition) is 3. The summed E-state index contributed by atoms with van der Waals surface area (Å²) in [6.45, 7) is 3.49. The number of likely N-dealkylation sites (tertiary alicyclic amines) is 1. The van der Waals surface area contributed by atoms with Gasteiger partial charge in [-0.2, -0.15) is 0 Å². The summed E-state index contributed by atoms with van der Waals surface area (Å²) in [6, 6.07) is 5.43. The lowest BCUT2D eigenvalue weighted by Crippen LogP contribution is -2.29. The van der Waals surface area contributed by atoms with E-state index >= 15 is 0 Å². The van der Waals surface area contributed by atoms with Gasteiger partial charge < -0.3 is 9.47 Å². The van der Waals surface area contributed by atoms with Crippen molar-refractivity contribution in [3.8, 4) is 0 Å². The summed E-state index contributed by atoms with van der Waals surface area (Å²) in [4.78, 5) is 31.9. The fraction of sp³-hybridized carbons (Fsp3) is 0.353. The van der Waals surface area contributed by atoms with Crippen LogP contribution >= 0.6 is 0 Å². The zero-order chi connectivity index (χ0) is 16.1. The van der Waals surface area contributed by atoms with E-state index in [9.17, 15) is 9.59 Å². The van der Waals surface area contributed by atoms with E-state index in [2.05, 4.69) is 4.98 Å². The average Bonchev–Trinajstić information content (AvgIpc) is 3.17. The highest BCUT2D eigenvalue weighted by molar-refractivity contribution is 5.98. The van der Waals surface area contributed by atoms with Gasteiger partial charge >= 0.3 is 0 Å². The standard InChI is InChI=1S/C17H18N4O2/c1-11-6-5-9-21-14(11)18-15-12(16(21)22)10-13(19(15)2)17(23)20-7-3-4-8-20/h5-6,9-10H,3-4,7-8H2,1-2H3. The number of aromatic nitrogens is 3. The van der Waals surface area contributed by atoms with Gasteiger partial charge in [-0.1, -0.05) is 6.07 Å². The molecule has 6 nitrogen and oxygen atoms in total. The van der Waals surface area contributed by atoms with Gasteiger partial charge in [-0.25, -0.2) is 4.98 Å². The van der Waals surface area contributed by atoms with Gasteiger partial charge in [-0.05, 0) is 37.5 Å². The minimum absolute atomic E-state index is 0.0202. The van der Waals surface area contributed by atoms with Crippen LogP contribution in [0.3, 0.4) is 0 Å². The number of carbonyl (C=O) groups is 1. The molecule has 23 heavy (non-hydrogen) atoms. The van der Waals surface area contributed by atoms with Crippen molar-refractivity contribution >= 4 is 22.6 Å². The van der Waals surface area contributed by atoms with Crippen LogP contribution in [0.1, 0.15) is 28.9 Å². The van der Waals surface area contributed by atoms with Crippen molar-refractivity contribution in [1.82, 2.24) is 18.9 Å². The van der Waals surface area contributed by atoms with Crippen molar-refractivity contribution in [2.24, 2.45) is 7.05 Å². The third-order valence-corrected chi connectivity index (χ3v) is 4.64. The molecular weight excluding hydrogens is 292 g/mol. The summed E-state index contributed by atoms with van der Waals surface area (Å²) in [5.41, 5.74) is 2.52. The lowest BCUT2D eigenvalue weighted by atomic mass is 10.3. The van der Waals surface area contributed by atoms with E-state index in [1.54, 1.807) is 28.3 Å². The molecule has 1 fully saturated rings. The number of nitrogens with zero attached hydrogens (tertiary/aromatic N) is 4. The number of amides is 1. The van der Waals surface area contributed by atoms with Crippen molar-refractivity contribution in [3.63, 3.8) is 0 Å². The normalized spacial score (nSPS) is 15.0.